The second-order valence-corrected chi connectivity index (χ2v) is 10.6. The Balaban J connectivity index is 1.84. The van der Waals surface area contributed by atoms with Crippen molar-refractivity contribution < 1.29 is 0 Å². The Hall–Kier alpha value is -2.34. The van der Waals surface area contributed by atoms with Crippen molar-refractivity contribution in [3.63, 3.8) is 0 Å². The van der Waals surface area contributed by atoms with Crippen LogP contribution in [0.15, 0.2) is 42.5 Å². The average Bonchev–Trinajstić information content (AvgIpc) is 3.08. The van der Waals surface area contributed by atoms with Gasteiger partial charge in [-0.2, -0.15) is 0 Å². The monoisotopic (exact) mass is 424 g/mol. The molecule has 0 heteroatoms. The van der Waals surface area contributed by atoms with Gasteiger partial charge in [0.2, 0.25) is 0 Å². The van der Waals surface area contributed by atoms with E-state index in [9.17, 15) is 0 Å². The fourth-order valence-corrected chi connectivity index (χ4v) is 5.63. The number of fused-ring (bicyclic) bond motifs is 3. The summed E-state index contributed by atoms with van der Waals surface area (Å²) in [4.78, 5) is 0. The zero-order valence-corrected chi connectivity index (χ0v) is 21.2. The zero-order chi connectivity index (χ0) is 23.0. The number of hydrogen-bond donors (Lipinski definition) is 0. The van der Waals surface area contributed by atoms with Crippen LogP contribution in [-0.2, 0) is 19.3 Å². The van der Waals surface area contributed by atoms with Crippen LogP contribution >= 0.6 is 0 Å². The first kappa shape index (κ1) is 22.8. The van der Waals surface area contributed by atoms with Gasteiger partial charge in [0.1, 0.15) is 0 Å². The number of rotatable bonds is 7. The van der Waals surface area contributed by atoms with Crippen LogP contribution < -0.4 is 0 Å². The van der Waals surface area contributed by atoms with E-state index in [1.807, 2.05) is 0 Å². The molecule has 1 aliphatic rings. The largest absolute Gasteiger partial charge is 0.0654 e. The van der Waals surface area contributed by atoms with E-state index in [-0.39, 0.29) is 0 Å². The van der Waals surface area contributed by atoms with E-state index < -0.39 is 0 Å². The summed E-state index contributed by atoms with van der Waals surface area (Å²) in [5.74, 6) is 1.10. The van der Waals surface area contributed by atoms with Crippen molar-refractivity contribution in [1.82, 2.24) is 0 Å². The molecule has 1 aliphatic carbocycles. The number of unbranched alkanes of at least 4 members (excludes halogenated alkanes) is 1. The molecule has 0 heterocycles. The second kappa shape index (κ2) is 9.26. The van der Waals surface area contributed by atoms with Gasteiger partial charge in [-0.15, -0.1) is 0 Å². The predicted molar refractivity (Wildman–Crippen MR) is 140 cm³/mol. The maximum absolute atomic E-state index is 2.55. The van der Waals surface area contributed by atoms with Crippen LogP contribution in [0.1, 0.15) is 109 Å². The first-order chi connectivity index (χ1) is 15.3. The van der Waals surface area contributed by atoms with Crippen molar-refractivity contribution in [2.24, 2.45) is 0 Å². The van der Waals surface area contributed by atoms with Crippen LogP contribution in [-0.4, -0.2) is 0 Å². The lowest BCUT2D eigenvalue weighted by Gasteiger charge is -2.22. The molecule has 0 spiro atoms. The quantitative estimate of drug-likeness (QED) is 0.277. The van der Waals surface area contributed by atoms with E-state index >= 15 is 0 Å². The molecule has 168 valence electrons. The standard InChI is InChI=1S/C32H40/c1-8-9-10-24-16-27-17-26-15-22(6)11-12-30(26)32(27)19-25(24)18-31-23(7)28(20(2)3)13-14-29(31)21(4)5/h11-16,19-21H,8-10,17-18H2,1-7H3. The molecule has 0 unspecified atom stereocenters. The van der Waals surface area contributed by atoms with Gasteiger partial charge < -0.3 is 0 Å². The molecule has 3 aromatic carbocycles. The molecular formula is C32H40. The Morgan fingerprint density at radius 1 is 0.750 bits per heavy atom. The van der Waals surface area contributed by atoms with Crippen molar-refractivity contribution in [2.75, 3.05) is 0 Å². The highest BCUT2D eigenvalue weighted by Crippen LogP contribution is 2.40. The number of hydrogen-bond acceptors (Lipinski definition) is 0. The highest BCUT2D eigenvalue weighted by atomic mass is 14.3. The van der Waals surface area contributed by atoms with Crippen molar-refractivity contribution in [3.8, 4) is 11.1 Å². The van der Waals surface area contributed by atoms with E-state index in [2.05, 4.69) is 90.9 Å². The van der Waals surface area contributed by atoms with Gasteiger partial charge in [0.25, 0.3) is 0 Å². The molecule has 0 N–H and O–H groups in total. The topological polar surface area (TPSA) is 0 Å². The molecule has 0 aromatic heterocycles. The Kier molecular flexibility index (Phi) is 6.61. The van der Waals surface area contributed by atoms with Crippen LogP contribution in [0.4, 0.5) is 0 Å². The zero-order valence-electron chi connectivity index (χ0n) is 21.2. The summed E-state index contributed by atoms with van der Waals surface area (Å²) in [6, 6.07) is 16.9. The second-order valence-electron chi connectivity index (χ2n) is 10.6. The third-order valence-electron chi connectivity index (χ3n) is 7.44. The minimum atomic E-state index is 0.544. The van der Waals surface area contributed by atoms with Gasteiger partial charge in [-0.05, 0) is 107 Å². The summed E-state index contributed by atoms with van der Waals surface area (Å²) in [6.07, 6.45) is 5.83. The van der Waals surface area contributed by atoms with Gasteiger partial charge in [-0.25, -0.2) is 0 Å². The maximum Gasteiger partial charge on any atom is -0.00133 e. The minimum absolute atomic E-state index is 0.544. The molecule has 0 aliphatic heterocycles. The van der Waals surface area contributed by atoms with E-state index in [4.69, 9.17) is 0 Å². The Bertz CT molecular complexity index is 1130. The summed E-state index contributed by atoms with van der Waals surface area (Å²) in [7, 11) is 0. The minimum Gasteiger partial charge on any atom is -0.0654 e. The Morgan fingerprint density at radius 2 is 1.44 bits per heavy atom. The first-order valence-electron chi connectivity index (χ1n) is 12.7. The summed E-state index contributed by atoms with van der Waals surface area (Å²) in [5.41, 5.74) is 16.5. The molecule has 4 rings (SSSR count). The molecule has 0 nitrogen and oxygen atoms in total. The average molecular weight is 425 g/mol. The molecule has 0 amide bonds. The molecule has 0 fully saturated rings. The van der Waals surface area contributed by atoms with E-state index in [1.165, 1.54) is 69.3 Å². The molecule has 32 heavy (non-hydrogen) atoms. The molecule has 0 radical (unpaired) electrons. The lowest BCUT2D eigenvalue weighted by Crippen LogP contribution is -2.07. The maximum atomic E-state index is 2.55. The highest BCUT2D eigenvalue weighted by molar-refractivity contribution is 5.78. The highest BCUT2D eigenvalue weighted by Gasteiger charge is 2.22. The fourth-order valence-electron chi connectivity index (χ4n) is 5.63. The van der Waals surface area contributed by atoms with Crippen LogP contribution in [0.2, 0.25) is 0 Å². The van der Waals surface area contributed by atoms with Gasteiger partial charge in [0.15, 0.2) is 0 Å². The van der Waals surface area contributed by atoms with Gasteiger partial charge in [-0.3, -0.25) is 0 Å². The van der Waals surface area contributed by atoms with Crippen molar-refractivity contribution in [1.29, 1.82) is 0 Å². The summed E-state index contributed by atoms with van der Waals surface area (Å²) in [5, 5.41) is 0. The lowest BCUT2D eigenvalue weighted by molar-refractivity contribution is 0.783. The molecule has 0 atom stereocenters. The third kappa shape index (κ3) is 4.29. The fraction of sp³-hybridized carbons (Fsp3) is 0.438. The Morgan fingerprint density at radius 3 is 2.12 bits per heavy atom. The van der Waals surface area contributed by atoms with Crippen LogP contribution in [0.3, 0.4) is 0 Å². The summed E-state index contributed by atoms with van der Waals surface area (Å²) in [6.45, 7) is 16.2. The summed E-state index contributed by atoms with van der Waals surface area (Å²) >= 11 is 0. The molecule has 0 bridgehead atoms. The molecule has 0 saturated heterocycles. The first-order valence-corrected chi connectivity index (χ1v) is 12.7. The normalized spacial score (nSPS) is 12.5. The van der Waals surface area contributed by atoms with E-state index in [0.29, 0.717) is 11.8 Å². The molecule has 3 aromatic rings. The molecular weight excluding hydrogens is 384 g/mol. The number of aryl methyl sites for hydroxylation is 2. The molecule has 0 saturated carbocycles. The number of benzene rings is 3. The predicted octanol–water partition coefficient (Wildman–Crippen LogP) is 9.05. The van der Waals surface area contributed by atoms with Gasteiger partial charge >= 0.3 is 0 Å². The van der Waals surface area contributed by atoms with Gasteiger partial charge in [-0.1, -0.05) is 89.1 Å². The SMILES string of the molecule is CCCCc1cc2c(cc1Cc1c(C(C)C)ccc(C(C)C)c1C)-c1ccc(C)cc1C2. The van der Waals surface area contributed by atoms with Crippen molar-refractivity contribution >= 4 is 0 Å². The van der Waals surface area contributed by atoms with E-state index in [1.54, 1.807) is 11.1 Å². The van der Waals surface area contributed by atoms with Crippen molar-refractivity contribution in [2.45, 2.75) is 92.4 Å². The smallest absolute Gasteiger partial charge is 0.00133 e. The Labute approximate surface area is 196 Å². The van der Waals surface area contributed by atoms with Gasteiger partial charge in [0, 0.05) is 0 Å². The van der Waals surface area contributed by atoms with Crippen LogP contribution in [0, 0.1) is 13.8 Å². The summed E-state index contributed by atoms with van der Waals surface area (Å²) < 4.78 is 0. The van der Waals surface area contributed by atoms with Crippen LogP contribution in [0.25, 0.3) is 11.1 Å². The van der Waals surface area contributed by atoms with Gasteiger partial charge in [0.05, 0.1) is 0 Å². The lowest BCUT2D eigenvalue weighted by atomic mass is 9.83. The third-order valence-corrected chi connectivity index (χ3v) is 7.44. The van der Waals surface area contributed by atoms with Crippen LogP contribution in [0.5, 0.6) is 0 Å². The van der Waals surface area contributed by atoms with Crippen molar-refractivity contribution in [3.05, 3.63) is 92.5 Å². The van der Waals surface area contributed by atoms with E-state index in [0.717, 1.165) is 12.8 Å².